The largest absolute Gasteiger partial charge is 0.351 e. The van der Waals surface area contributed by atoms with E-state index in [0.29, 0.717) is 17.6 Å². The third kappa shape index (κ3) is 4.34. The Kier molecular flexibility index (Phi) is 5.33. The molecule has 1 aromatic heterocycles. The predicted molar refractivity (Wildman–Crippen MR) is 91.2 cm³/mol. The van der Waals surface area contributed by atoms with Crippen molar-refractivity contribution in [1.29, 1.82) is 0 Å². The van der Waals surface area contributed by atoms with E-state index in [4.69, 9.17) is 0 Å². The predicted octanol–water partition coefficient (Wildman–Crippen LogP) is 3.26. The molecule has 1 atom stereocenters. The highest BCUT2D eigenvalue weighted by Gasteiger charge is 2.22. The molecule has 122 valence electrons. The number of amides is 1. The topological polar surface area (TPSA) is 70.7 Å². The van der Waals surface area contributed by atoms with Crippen molar-refractivity contribution in [3.8, 4) is 0 Å². The van der Waals surface area contributed by atoms with Gasteiger partial charge in [-0.2, -0.15) is 0 Å². The van der Waals surface area contributed by atoms with Gasteiger partial charge in [-0.25, -0.2) is 4.98 Å². The van der Waals surface area contributed by atoms with Gasteiger partial charge in [-0.15, -0.1) is 5.10 Å². The summed E-state index contributed by atoms with van der Waals surface area (Å²) in [5, 5.41) is 10.7. The lowest BCUT2D eigenvalue weighted by atomic mass is 10.1. The highest BCUT2D eigenvalue weighted by molar-refractivity contribution is 8.00. The van der Waals surface area contributed by atoms with Gasteiger partial charge in [0.1, 0.15) is 5.82 Å². The number of thioether (sulfide) groups is 1. The van der Waals surface area contributed by atoms with Crippen molar-refractivity contribution in [2.75, 3.05) is 0 Å². The fourth-order valence-corrected chi connectivity index (χ4v) is 3.59. The van der Waals surface area contributed by atoms with Gasteiger partial charge in [0, 0.05) is 12.5 Å². The first-order valence-electron chi connectivity index (χ1n) is 8.13. The second-order valence-corrected chi connectivity index (χ2v) is 7.26. The van der Waals surface area contributed by atoms with Crippen molar-refractivity contribution in [1.82, 2.24) is 20.5 Å². The molecule has 0 saturated heterocycles. The van der Waals surface area contributed by atoms with Gasteiger partial charge in [0.15, 0.2) is 0 Å². The lowest BCUT2D eigenvalue weighted by Crippen LogP contribution is -2.30. The molecule has 23 heavy (non-hydrogen) atoms. The van der Waals surface area contributed by atoms with Crippen LogP contribution in [0.15, 0.2) is 35.5 Å². The highest BCUT2D eigenvalue weighted by atomic mass is 32.2. The maximum absolute atomic E-state index is 12.2. The molecule has 1 amide bonds. The smallest absolute Gasteiger partial charge is 0.233 e. The molecule has 2 N–H and O–H groups in total. The number of carbonyl (C=O) groups excluding carboxylic acids is 1. The molecule has 3 rings (SSSR count). The first-order valence-corrected chi connectivity index (χ1v) is 9.01. The number of aromatic nitrogens is 3. The van der Waals surface area contributed by atoms with Crippen LogP contribution in [-0.2, 0) is 11.3 Å². The Balaban J connectivity index is 1.50. The molecule has 2 aromatic rings. The van der Waals surface area contributed by atoms with E-state index in [-0.39, 0.29) is 11.2 Å². The van der Waals surface area contributed by atoms with Crippen molar-refractivity contribution in [3.63, 3.8) is 0 Å². The zero-order valence-corrected chi connectivity index (χ0v) is 14.1. The molecule has 1 fully saturated rings. The van der Waals surface area contributed by atoms with Crippen LogP contribution in [0.5, 0.6) is 0 Å². The molecule has 1 saturated carbocycles. The number of benzene rings is 1. The van der Waals surface area contributed by atoms with Gasteiger partial charge in [0.05, 0.1) is 5.25 Å². The molecular formula is C17H22N4OS. The average Bonchev–Trinajstić information content (AvgIpc) is 3.24. The van der Waals surface area contributed by atoms with Gasteiger partial charge in [-0.1, -0.05) is 54.9 Å². The Morgan fingerprint density at radius 3 is 2.83 bits per heavy atom. The Labute approximate surface area is 140 Å². The number of rotatable bonds is 6. The molecule has 5 nitrogen and oxygen atoms in total. The quantitative estimate of drug-likeness (QED) is 0.798. The van der Waals surface area contributed by atoms with E-state index in [1.54, 1.807) is 0 Å². The minimum absolute atomic E-state index is 0.00562. The summed E-state index contributed by atoms with van der Waals surface area (Å²) in [4.78, 5) is 16.7. The van der Waals surface area contributed by atoms with E-state index < -0.39 is 0 Å². The minimum atomic E-state index is -0.217. The number of hydrogen-bond donors (Lipinski definition) is 2. The van der Waals surface area contributed by atoms with Crippen LogP contribution >= 0.6 is 11.8 Å². The van der Waals surface area contributed by atoms with Crippen LogP contribution in [0.3, 0.4) is 0 Å². The van der Waals surface area contributed by atoms with Gasteiger partial charge in [-0.05, 0) is 25.3 Å². The summed E-state index contributed by atoms with van der Waals surface area (Å²) in [5.41, 5.74) is 1.10. The molecule has 0 radical (unpaired) electrons. The van der Waals surface area contributed by atoms with Crippen LogP contribution in [0.2, 0.25) is 0 Å². The normalized spacial score (nSPS) is 16.4. The van der Waals surface area contributed by atoms with E-state index in [9.17, 15) is 4.79 Å². The molecule has 1 unspecified atom stereocenters. The summed E-state index contributed by atoms with van der Waals surface area (Å²) in [6, 6.07) is 9.91. The van der Waals surface area contributed by atoms with Crippen molar-refractivity contribution in [2.24, 2.45) is 0 Å². The van der Waals surface area contributed by atoms with E-state index in [1.165, 1.54) is 37.4 Å². The molecule has 1 heterocycles. The standard InChI is InChI=1S/C17H22N4OS/c1-12(16(22)18-11-13-7-3-2-4-8-13)23-17-19-15(20-21-17)14-9-5-6-10-14/h2-4,7-8,12,14H,5-6,9-11H2,1H3,(H,18,22)(H,19,20,21). The van der Waals surface area contributed by atoms with E-state index in [0.717, 1.165) is 11.4 Å². The highest BCUT2D eigenvalue weighted by Crippen LogP contribution is 2.33. The van der Waals surface area contributed by atoms with Crippen molar-refractivity contribution in [2.45, 2.75) is 55.5 Å². The molecule has 0 spiro atoms. The SMILES string of the molecule is CC(Sc1n[nH]c(C2CCCC2)n1)C(=O)NCc1ccccc1. The van der Waals surface area contributed by atoms with Gasteiger partial charge in [0.25, 0.3) is 0 Å². The average molecular weight is 330 g/mol. The van der Waals surface area contributed by atoms with Gasteiger partial charge in [-0.3, -0.25) is 9.89 Å². The number of carbonyl (C=O) groups is 1. The van der Waals surface area contributed by atoms with Crippen LogP contribution in [0.1, 0.15) is 49.9 Å². The zero-order valence-electron chi connectivity index (χ0n) is 13.3. The maximum atomic E-state index is 12.2. The van der Waals surface area contributed by atoms with E-state index in [2.05, 4.69) is 20.5 Å². The lowest BCUT2D eigenvalue weighted by molar-refractivity contribution is -0.120. The van der Waals surface area contributed by atoms with Crippen LogP contribution in [0, 0.1) is 0 Å². The fourth-order valence-electron chi connectivity index (χ4n) is 2.83. The second-order valence-electron chi connectivity index (χ2n) is 5.95. The van der Waals surface area contributed by atoms with Crippen LogP contribution in [0.4, 0.5) is 0 Å². The summed E-state index contributed by atoms with van der Waals surface area (Å²) < 4.78 is 0. The number of nitrogens with zero attached hydrogens (tertiary/aromatic N) is 2. The molecule has 6 heteroatoms. The second kappa shape index (κ2) is 7.64. The number of nitrogens with one attached hydrogen (secondary N) is 2. The third-order valence-electron chi connectivity index (χ3n) is 4.19. The maximum Gasteiger partial charge on any atom is 0.233 e. The number of aromatic amines is 1. The fraction of sp³-hybridized carbons (Fsp3) is 0.471. The van der Waals surface area contributed by atoms with Crippen LogP contribution in [0.25, 0.3) is 0 Å². The number of H-pyrrole nitrogens is 1. The van der Waals surface area contributed by atoms with Crippen LogP contribution < -0.4 is 5.32 Å². The van der Waals surface area contributed by atoms with E-state index in [1.807, 2.05) is 37.3 Å². The first kappa shape index (κ1) is 16.1. The molecular weight excluding hydrogens is 308 g/mol. The van der Waals surface area contributed by atoms with Gasteiger partial charge in [0.2, 0.25) is 11.1 Å². The Bertz CT molecular complexity index is 637. The lowest BCUT2D eigenvalue weighted by Gasteiger charge is -2.10. The molecule has 0 aliphatic heterocycles. The molecule has 1 aliphatic rings. The van der Waals surface area contributed by atoms with E-state index >= 15 is 0 Å². The summed E-state index contributed by atoms with van der Waals surface area (Å²) in [6.07, 6.45) is 4.91. The summed E-state index contributed by atoms with van der Waals surface area (Å²) in [7, 11) is 0. The first-order chi connectivity index (χ1) is 11.2. The molecule has 1 aromatic carbocycles. The zero-order chi connectivity index (χ0) is 16.1. The summed E-state index contributed by atoms with van der Waals surface area (Å²) >= 11 is 1.40. The Morgan fingerprint density at radius 2 is 2.09 bits per heavy atom. The summed E-state index contributed by atoms with van der Waals surface area (Å²) in [5.74, 6) is 1.49. The third-order valence-corrected chi connectivity index (χ3v) is 5.15. The minimum Gasteiger partial charge on any atom is -0.351 e. The van der Waals surface area contributed by atoms with Gasteiger partial charge >= 0.3 is 0 Å². The van der Waals surface area contributed by atoms with Crippen molar-refractivity contribution >= 4 is 17.7 Å². The Hall–Kier alpha value is -1.82. The summed E-state index contributed by atoms with van der Waals surface area (Å²) in [6.45, 7) is 2.43. The monoisotopic (exact) mass is 330 g/mol. The molecule has 1 aliphatic carbocycles. The van der Waals surface area contributed by atoms with Crippen molar-refractivity contribution in [3.05, 3.63) is 41.7 Å². The Morgan fingerprint density at radius 1 is 1.35 bits per heavy atom. The van der Waals surface area contributed by atoms with Crippen LogP contribution in [-0.4, -0.2) is 26.3 Å². The number of hydrogen-bond acceptors (Lipinski definition) is 4. The van der Waals surface area contributed by atoms with Crippen molar-refractivity contribution < 1.29 is 4.79 Å². The van der Waals surface area contributed by atoms with Gasteiger partial charge < -0.3 is 5.32 Å². The molecule has 0 bridgehead atoms.